The molecular weight excluding hydrogens is 1300 g/mol. The molecular formula is C69H107F2N15O14. The van der Waals surface area contributed by atoms with Gasteiger partial charge < -0.3 is 95.1 Å². The molecule has 10 amide bonds. The van der Waals surface area contributed by atoms with Gasteiger partial charge in [0.1, 0.15) is 60.7 Å². The van der Waals surface area contributed by atoms with Crippen molar-refractivity contribution in [2.75, 3.05) is 52.5 Å². The molecule has 9 unspecified atom stereocenters. The smallest absolute Gasteiger partial charge is 0.305 e. The average molecular weight is 1410 g/mol. The second-order valence-corrected chi connectivity index (χ2v) is 29.1. The minimum Gasteiger partial charge on any atom is -0.481 e. The molecule has 3 aliphatic carbocycles. The topological polar surface area (TPSA) is 437 Å². The highest BCUT2D eigenvalue weighted by atomic mass is 19.1. The molecule has 1 aromatic rings. The molecule has 8 aliphatic rings. The fraction of sp³-hybridized carbons (Fsp3) is 0.754. The largest absolute Gasteiger partial charge is 0.481 e. The third-order valence-electron chi connectivity index (χ3n) is 21.8. The van der Waals surface area contributed by atoms with E-state index in [0.29, 0.717) is 116 Å². The Kier molecular flexibility index (Phi) is 29.1. The summed E-state index contributed by atoms with van der Waals surface area (Å²) in [6.45, 7) is 1.22. The summed E-state index contributed by atoms with van der Waals surface area (Å²) in [4.78, 5) is 159. The number of fused-ring (bicyclic) bond motifs is 5. The van der Waals surface area contributed by atoms with Gasteiger partial charge in [-0.05, 0) is 202 Å². The van der Waals surface area contributed by atoms with E-state index in [0.717, 1.165) is 11.1 Å². The summed E-state index contributed by atoms with van der Waals surface area (Å²) in [6, 6.07) is -4.08. The number of carbonyl (C=O) groups excluding carboxylic acids is 10. The van der Waals surface area contributed by atoms with E-state index in [9.17, 15) is 43.8 Å². The standard InChI is InChI=1S/C69H107F2N15O14/c70-43-14-18-49-47(28-43)41(32-75-49)26-53-64(94)82-54(27-42-33-76-50-19-15-44(71)29-48(42)50)65(95)84-56(31-61(90)91)67(97)83-55(30-45-34-74-37-78-45)66(96)85-57(25-39-12-16-46(87)17-13-39)69(99)86-22-5-11-58(86)68(98)81-51(62(73)92)10-4-7-38-6-3-8-40(24-38)36-100-23-20-59(88)79-52(9-1-2-21-72)63(93)77-35-60(89)80-53/h3,6,8,24,39,41-58,74-76,78,87H,1-2,4-5,7,9-23,25-37,72H2,(H2,73,92)(H,77,93)(H,79,88)(H,80,89)(H,81,98)(H,82,94)(H,83,97)(H,84,95)(H,85,96)(H,90,91)/t39?,41?,42?,43?,44?,45?,46?,47?,48?,49?,50?,51-,52-,53-,54-,55-,56-,57-,58-/m0/s1. The van der Waals surface area contributed by atoms with Gasteiger partial charge >= 0.3 is 5.97 Å². The fourth-order valence-corrected chi connectivity index (χ4v) is 16.3. The van der Waals surface area contributed by atoms with Crippen molar-refractivity contribution in [2.24, 2.45) is 41.1 Å². The van der Waals surface area contributed by atoms with Crippen LogP contribution >= 0.6 is 0 Å². The van der Waals surface area contributed by atoms with E-state index < -0.39 is 157 Å². The van der Waals surface area contributed by atoms with Gasteiger partial charge in [-0.25, -0.2) is 8.78 Å². The maximum atomic E-state index is 15.3. The van der Waals surface area contributed by atoms with Crippen LogP contribution in [0.2, 0.25) is 0 Å². The van der Waals surface area contributed by atoms with Crippen LogP contribution in [0, 0.1) is 29.6 Å². The van der Waals surface area contributed by atoms with Crippen molar-refractivity contribution in [3.05, 3.63) is 35.4 Å². The van der Waals surface area contributed by atoms with Gasteiger partial charge in [0.15, 0.2) is 0 Å². The number of hydrogen-bond acceptors (Lipinski definition) is 18. The monoisotopic (exact) mass is 1410 g/mol. The van der Waals surface area contributed by atoms with Crippen molar-refractivity contribution >= 4 is 65.0 Å². The summed E-state index contributed by atoms with van der Waals surface area (Å²) < 4.78 is 36.3. The molecule has 556 valence electrons. The fourth-order valence-electron chi connectivity index (χ4n) is 16.3. The van der Waals surface area contributed by atoms with E-state index in [2.05, 4.69) is 63.8 Å². The predicted molar refractivity (Wildman–Crippen MR) is 361 cm³/mol. The highest BCUT2D eigenvalue weighted by Gasteiger charge is 2.47. The Balaban J connectivity index is 1.02. The highest BCUT2D eigenvalue weighted by molar-refractivity contribution is 5.99. The first-order valence-electron chi connectivity index (χ1n) is 36.5. The molecule has 9 rings (SSSR count). The molecule has 17 atom stereocenters. The maximum Gasteiger partial charge on any atom is 0.305 e. The second-order valence-electron chi connectivity index (χ2n) is 29.1. The number of alkyl halides is 2. The first-order chi connectivity index (χ1) is 48.1. The third-order valence-corrected chi connectivity index (χ3v) is 21.8. The SMILES string of the molecule is NCCCC[C@@H]1NC(=O)CCOCc2cccc(c2)CCC[C@@H](C(N)=O)NC(=O)[C@@H]2CCCN2C(=O)[C@H](CC2CCC(O)CC2)NC(=O)[C@H](CC2CNCN2)NC(=O)[C@H](CC(=O)O)NC(=O)[C@H](CC2CNC3CCC(F)CC23)NC(=O)[C@H](CC2CNC3CCC(F)CC23)NC(=O)CNC1=O. The lowest BCUT2D eigenvalue weighted by Gasteiger charge is -2.34. The Morgan fingerprint density at radius 2 is 1.21 bits per heavy atom. The number of carboxylic acids is 1. The number of primary amides is 1. The van der Waals surface area contributed by atoms with Crippen LogP contribution in [0.5, 0.6) is 0 Å². The zero-order valence-electron chi connectivity index (χ0n) is 57.3. The summed E-state index contributed by atoms with van der Waals surface area (Å²) in [7, 11) is 0. The molecule has 18 N–H and O–H groups in total. The second kappa shape index (κ2) is 37.8. The normalized spacial score (nSPS) is 34.9. The Hall–Kier alpha value is -7.03. The number of carboxylic acid groups (broad SMARTS) is 1. The zero-order chi connectivity index (χ0) is 71.4. The van der Waals surface area contributed by atoms with Crippen LogP contribution in [0.25, 0.3) is 0 Å². The number of rotatable bonds is 15. The van der Waals surface area contributed by atoms with Crippen molar-refractivity contribution in [3.63, 3.8) is 0 Å². The number of amides is 10. The lowest BCUT2D eigenvalue weighted by molar-refractivity contribution is -0.143. The van der Waals surface area contributed by atoms with Crippen LogP contribution in [-0.4, -0.2) is 218 Å². The number of ether oxygens (including phenoxy) is 1. The quantitative estimate of drug-likeness (QED) is 0.0898. The minimum absolute atomic E-state index is 0.0255. The molecule has 5 aliphatic heterocycles. The molecule has 0 aromatic heterocycles. The third kappa shape index (κ3) is 22.5. The summed E-state index contributed by atoms with van der Waals surface area (Å²) in [5.74, 6) is -10.9. The van der Waals surface area contributed by atoms with Gasteiger partial charge in [0.05, 0.1) is 32.3 Å². The number of hydrogen-bond donors (Lipinski definition) is 16. The molecule has 1 aromatic carbocycles. The Bertz CT molecular complexity index is 3000. The summed E-state index contributed by atoms with van der Waals surface area (Å²) in [6.07, 6.45) is 2.62. The van der Waals surface area contributed by atoms with Crippen molar-refractivity contribution in [1.82, 2.24) is 68.7 Å². The lowest BCUT2D eigenvalue weighted by atomic mass is 9.76. The summed E-state index contributed by atoms with van der Waals surface area (Å²) in [5, 5.41) is 55.9. The van der Waals surface area contributed by atoms with E-state index in [4.69, 9.17) is 16.2 Å². The molecule has 29 nitrogen and oxygen atoms in total. The number of aliphatic hydroxyl groups excluding tert-OH is 1. The van der Waals surface area contributed by atoms with Gasteiger partial charge in [-0.3, -0.25) is 52.7 Å². The van der Waals surface area contributed by atoms with Gasteiger partial charge in [0.2, 0.25) is 59.1 Å². The number of unbranched alkanes of at least 4 members (excludes halogenated alkanes) is 1. The van der Waals surface area contributed by atoms with Crippen LogP contribution in [-0.2, 0) is 70.5 Å². The Morgan fingerprint density at radius 1 is 0.600 bits per heavy atom. The molecule has 3 saturated carbocycles. The van der Waals surface area contributed by atoms with Gasteiger partial charge in [-0.15, -0.1) is 0 Å². The molecule has 0 radical (unpaired) electrons. The number of aliphatic hydroxyl groups is 1. The summed E-state index contributed by atoms with van der Waals surface area (Å²) >= 11 is 0. The Labute approximate surface area is 582 Å². The van der Waals surface area contributed by atoms with Gasteiger partial charge in [0.25, 0.3) is 0 Å². The number of halogens is 2. The first-order valence-corrected chi connectivity index (χ1v) is 36.5. The molecule has 31 heteroatoms. The van der Waals surface area contributed by atoms with E-state index >= 15 is 28.0 Å². The number of benzene rings is 1. The van der Waals surface area contributed by atoms with Crippen LogP contribution in [0.4, 0.5) is 8.78 Å². The van der Waals surface area contributed by atoms with E-state index in [1.165, 1.54) is 4.90 Å². The molecule has 100 heavy (non-hydrogen) atoms. The Morgan fingerprint density at radius 3 is 1.84 bits per heavy atom. The maximum absolute atomic E-state index is 15.3. The predicted octanol–water partition coefficient (Wildman–Crippen LogP) is -1.40. The van der Waals surface area contributed by atoms with Crippen LogP contribution in [0.15, 0.2) is 24.3 Å². The number of aryl methyl sites for hydroxylation is 1. The van der Waals surface area contributed by atoms with Crippen molar-refractivity contribution in [2.45, 2.75) is 246 Å². The van der Waals surface area contributed by atoms with Gasteiger partial charge in [0, 0.05) is 44.3 Å². The van der Waals surface area contributed by atoms with Gasteiger partial charge in [-0.1, -0.05) is 24.3 Å². The molecule has 4 saturated heterocycles. The number of nitrogens with one attached hydrogen (secondary N) is 12. The molecule has 2 bridgehead atoms. The van der Waals surface area contributed by atoms with Crippen LogP contribution in [0.3, 0.4) is 0 Å². The zero-order valence-corrected chi connectivity index (χ0v) is 57.3. The van der Waals surface area contributed by atoms with Crippen LogP contribution in [0.1, 0.15) is 159 Å². The van der Waals surface area contributed by atoms with Crippen molar-refractivity contribution in [1.29, 1.82) is 0 Å². The molecule has 7 fully saturated rings. The highest BCUT2D eigenvalue weighted by Crippen LogP contribution is 2.40. The summed E-state index contributed by atoms with van der Waals surface area (Å²) in [5.41, 5.74) is 13.4. The van der Waals surface area contributed by atoms with E-state index in [-0.39, 0.29) is 120 Å². The van der Waals surface area contributed by atoms with Crippen LogP contribution < -0.4 is 75.3 Å². The average Bonchev–Trinajstić information content (AvgIpc) is 1.64. The van der Waals surface area contributed by atoms with Crippen molar-refractivity contribution < 1.29 is 76.5 Å². The number of carbonyl (C=O) groups is 11. The number of aliphatic carboxylic acids is 1. The van der Waals surface area contributed by atoms with E-state index in [1.807, 2.05) is 24.3 Å². The van der Waals surface area contributed by atoms with Gasteiger partial charge in [-0.2, -0.15) is 0 Å². The number of nitrogens with zero attached hydrogens (tertiary/aromatic N) is 1. The van der Waals surface area contributed by atoms with E-state index in [1.54, 1.807) is 0 Å². The molecule has 5 heterocycles. The molecule has 0 spiro atoms. The van der Waals surface area contributed by atoms with Crippen molar-refractivity contribution in [3.8, 4) is 0 Å². The number of nitrogens with two attached hydrogens (primary N) is 2. The lowest BCUT2D eigenvalue weighted by Crippen LogP contribution is -2.61. The minimum atomic E-state index is -1.90. The first kappa shape index (κ1) is 77.1.